The van der Waals surface area contributed by atoms with Gasteiger partial charge in [-0.25, -0.2) is 0 Å². The van der Waals surface area contributed by atoms with Gasteiger partial charge >= 0.3 is 0 Å². The van der Waals surface area contributed by atoms with Crippen molar-refractivity contribution in [2.75, 3.05) is 30.0 Å². The fraction of sp³-hybridized carbons (Fsp3) is 0.800. The molecule has 16 heavy (non-hydrogen) atoms. The van der Waals surface area contributed by atoms with Crippen molar-refractivity contribution >= 4 is 17.7 Å². The maximum absolute atomic E-state index is 5.95. The van der Waals surface area contributed by atoms with Gasteiger partial charge in [-0.05, 0) is 37.4 Å². The van der Waals surface area contributed by atoms with Crippen LogP contribution in [0.4, 0.5) is 5.95 Å². The van der Waals surface area contributed by atoms with Crippen LogP contribution in [0.3, 0.4) is 0 Å². The summed E-state index contributed by atoms with van der Waals surface area (Å²) in [5, 5.41) is 3.94. The zero-order chi connectivity index (χ0) is 12.0. The molecule has 0 aliphatic carbocycles. The minimum Gasteiger partial charge on any atom is -0.339 e. The Bertz CT molecular complexity index is 301. The van der Waals surface area contributed by atoms with E-state index in [9.17, 15) is 0 Å². The number of rotatable bonds is 7. The van der Waals surface area contributed by atoms with Gasteiger partial charge in [-0.2, -0.15) is 16.7 Å². The van der Waals surface area contributed by atoms with Gasteiger partial charge in [0.25, 0.3) is 5.95 Å². The number of hydrogen-bond acceptors (Lipinski definition) is 6. The Balaban J connectivity index is 2.62. The van der Waals surface area contributed by atoms with Crippen LogP contribution in [0.1, 0.15) is 32.2 Å². The molecule has 6 heteroatoms. The highest BCUT2D eigenvalue weighted by atomic mass is 32.2. The van der Waals surface area contributed by atoms with Gasteiger partial charge < -0.3 is 15.2 Å². The van der Waals surface area contributed by atoms with E-state index in [2.05, 4.69) is 30.2 Å². The number of hydrogen-bond donors (Lipinski definition) is 1. The lowest BCUT2D eigenvalue weighted by Crippen LogP contribution is -2.23. The Kier molecular flexibility index (Phi) is 5.62. The lowest BCUT2D eigenvalue weighted by Gasteiger charge is -2.14. The topological polar surface area (TPSA) is 68.2 Å². The van der Waals surface area contributed by atoms with E-state index >= 15 is 0 Å². The predicted molar refractivity (Wildman–Crippen MR) is 67.8 cm³/mol. The molecule has 0 spiro atoms. The molecule has 1 aromatic rings. The molecule has 1 aromatic heterocycles. The van der Waals surface area contributed by atoms with Gasteiger partial charge in [-0.15, -0.1) is 0 Å². The first-order valence-corrected chi connectivity index (χ1v) is 6.95. The molecule has 1 atom stereocenters. The summed E-state index contributed by atoms with van der Waals surface area (Å²) in [6.07, 6.45) is 2.92. The number of aromatic nitrogens is 2. The summed E-state index contributed by atoms with van der Waals surface area (Å²) in [5.74, 6) is 2.18. The van der Waals surface area contributed by atoms with Crippen LogP contribution in [0.2, 0.25) is 0 Å². The molecule has 5 nitrogen and oxygen atoms in total. The van der Waals surface area contributed by atoms with E-state index < -0.39 is 0 Å². The van der Waals surface area contributed by atoms with E-state index in [0.717, 1.165) is 25.3 Å². The third-order valence-corrected chi connectivity index (χ3v) is 3.07. The summed E-state index contributed by atoms with van der Waals surface area (Å²) < 4.78 is 5.17. The van der Waals surface area contributed by atoms with Gasteiger partial charge in [0.05, 0.1) is 6.04 Å². The first-order valence-electron chi connectivity index (χ1n) is 5.55. The molecule has 0 saturated heterocycles. The van der Waals surface area contributed by atoms with E-state index in [4.69, 9.17) is 10.3 Å². The van der Waals surface area contributed by atoms with E-state index in [0.29, 0.717) is 11.8 Å². The van der Waals surface area contributed by atoms with E-state index in [-0.39, 0.29) is 6.04 Å². The normalized spacial score (nSPS) is 12.8. The first kappa shape index (κ1) is 13.3. The van der Waals surface area contributed by atoms with Crippen LogP contribution in [-0.4, -0.2) is 35.2 Å². The zero-order valence-electron chi connectivity index (χ0n) is 10.1. The molecule has 0 saturated carbocycles. The monoisotopic (exact) mass is 244 g/mol. The van der Waals surface area contributed by atoms with Crippen molar-refractivity contribution in [3.8, 4) is 0 Å². The molecule has 2 N–H and O–H groups in total. The summed E-state index contributed by atoms with van der Waals surface area (Å²) in [7, 11) is 0. The first-order chi connectivity index (χ1) is 7.72. The van der Waals surface area contributed by atoms with Gasteiger partial charge in [0.15, 0.2) is 0 Å². The minimum atomic E-state index is -0.149. The minimum absolute atomic E-state index is 0.149. The Morgan fingerprint density at radius 3 is 2.69 bits per heavy atom. The highest BCUT2D eigenvalue weighted by molar-refractivity contribution is 7.98. The second kappa shape index (κ2) is 6.75. The lowest BCUT2D eigenvalue weighted by molar-refractivity contribution is 0.352. The molecule has 0 bridgehead atoms. The van der Waals surface area contributed by atoms with Gasteiger partial charge in [0.2, 0.25) is 5.89 Å². The standard InChI is InChI=1S/C10H20N4OS/c1-4-14(5-2)10-12-9(15-13-10)8(11)6-7-16-3/h8H,4-7,11H2,1-3H3/t8-/m0/s1. The highest BCUT2D eigenvalue weighted by Gasteiger charge is 2.16. The summed E-state index contributed by atoms with van der Waals surface area (Å²) >= 11 is 1.77. The number of nitrogens with two attached hydrogens (primary N) is 1. The van der Waals surface area contributed by atoms with E-state index in [1.807, 2.05) is 4.90 Å². The molecule has 0 aliphatic heterocycles. The van der Waals surface area contributed by atoms with Crippen LogP contribution in [-0.2, 0) is 0 Å². The molecule has 1 rings (SSSR count). The molecule has 0 amide bonds. The lowest BCUT2D eigenvalue weighted by atomic mass is 10.2. The maximum Gasteiger partial charge on any atom is 0.266 e. The molecule has 0 unspecified atom stereocenters. The van der Waals surface area contributed by atoms with Crippen LogP contribution in [0, 0.1) is 0 Å². The average Bonchev–Trinajstić information content (AvgIpc) is 2.77. The molecule has 92 valence electrons. The summed E-state index contributed by atoms with van der Waals surface area (Å²) in [5.41, 5.74) is 5.95. The second-order valence-electron chi connectivity index (χ2n) is 3.49. The number of nitrogens with zero attached hydrogens (tertiary/aromatic N) is 3. The summed E-state index contributed by atoms with van der Waals surface area (Å²) in [6.45, 7) is 5.87. The molecular formula is C10H20N4OS. The van der Waals surface area contributed by atoms with Crippen molar-refractivity contribution < 1.29 is 4.52 Å². The Morgan fingerprint density at radius 2 is 2.12 bits per heavy atom. The van der Waals surface area contributed by atoms with Crippen molar-refractivity contribution in [2.24, 2.45) is 5.73 Å². The van der Waals surface area contributed by atoms with Gasteiger partial charge in [0.1, 0.15) is 0 Å². The quantitative estimate of drug-likeness (QED) is 0.787. The summed E-state index contributed by atoms with van der Waals surface area (Å²) in [6, 6.07) is -0.149. The van der Waals surface area contributed by atoms with Gasteiger partial charge in [-0.1, -0.05) is 0 Å². The fourth-order valence-electron chi connectivity index (χ4n) is 1.38. The molecule has 0 fully saturated rings. The molecule has 0 aliphatic rings. The van der Waals surface area contributed by atoms with Gasteiger partial charge in [0, 0.05) is 13.1 Å². The van der Waals surface area contributed by atoms with Crippen LogP contribution in [0.15, 0.2) is 4.52 Å². The molecular weight excluding hydrogens is 224 g/mol. The Hall–Kier alpha value is -0.750. The van der Waals surface area contributed by atoms with Gasteiger partial charge in [-0.3, -0.25) is 0 Å². The highest BCUT2D eigenvalue weighted by Crippen LogP contribution is 2.17. The van der Waals surface area contributed by atoms with Crippen LogP contribution in [0.5, 0.6) is 0 Å². The maximum atomic E-state index is 5.95. The van der Waals surface area contributed by atoms with Crippen molar-refractivity contribution in [1.29, 1.82) is 0 Å². The van der Waals surface area contributed by atoms with E-state index in [1.54, 1.807) is 11.8 Å². The fourth-order valence-corrected chi connectivity index (χ4v) is 1.87. The SMILES string of the molecule is CCN(CC)c1noc([C@@H](N)CCSC)n1. The molecule has 0 radical (unpaired) electrons. The van der Waals surface area contributed by atoms with Crippen LogP contribution >= 0.6 is 11.8 Å². The van der Waals surface area contributed by atoms with Crippen molar-refractivity contribution in [3.05, 3.63) is 5.89 Å². The number of anilines is 1. The smallest absolute Gasteiger partial charge is 0.266 e. The average molecular weight is 244 g/mol. The summed E-state index contributed by atoms with van der Waals surface area (Å²) in [4.78, 5) is 6.35. The van der Waals surface area contributed by atoms with Crippen molar-refractivity contribution in [1.82, 2.24) is 10.1 Å². The number of thioether (sulfide) groups is 1. The third kappa shape index (κ3) is 3.38. The molecule has 0 aromatic carbocycles. The van der Waals surface area contributed by atoms with Crippen LogP contribution in [0.25, 0.3) is 0 Å². The van der Waals surface area contributed by atoms with Crippen molar-refractivity contribution in [2.45, 2.75) is 26.3 Å². The third-order valence-electron chi connectivity index (χ3n) is 2.43. The van der Waals surface area contributed by atoms with Crippen LogP contribution < -0.4 is 10.6 Å². The largest absolute Gasteiger partial charge is 0.339 e. The predicted octanol–water partition coefficient (Wildman–Crippen LogP) is 1.67. The zero-order valence-corrected chi connectivity index (χ0v) is 11.0. The van der Waals surface area contributed by atoms with Crippen molar-refractivity contribution in [3.63, 3.8) is 0 Å². The molecule has 1 heterocycles. The van der Waals surface area contributed by atoms with E-state index in [1.165, 1.54) is 0 Å². The second-order valence-corrected chi connectivity index (χ2v) is 4.48. The Morgan fingerprint density at radius 1 is 1.44 bits per heavy atom. The Labute approximate surface area is 101 Å².